The first-order valence-electron chi connectivity index (χ1n) is 5.34. The Morgan fingerprint density at radius 3 is 2.33 bits per heavy atom. The number of hydrogen-bond acceptors (Lipinski definition) is 3. The van der Waals surface area contributed by atoms with E-state index in [9.17, 15) is 9.67 Å². The van der Waals surface area contributed by atoms with Gasteiger partial charge in [-0.15, -0.1) is 0 Å². The van der Waals surface area contributed by atoms with E-state index in [1.807, 2.05) is 0 Å². The van der Waals surface area contributed by atoms with Crippen molar-refractivity contribution in [2.75, 3.05) is 6.61 Å². The largest absolute Gasteiger partial charge is 0.469 e. The number of unbranched alkanes of at least 4 members (excludes halogenated alkanes) is 4. The Morgan fingerprint density at radius 2 is 1.80 bits per heavy atom. The van der Waals surface area contributed by atoms with Gasteiger partial charge in [-0.05, 0) is 6.42 Å². The predicted octanol–water partition coefficient (Wildman–Crippen LogP) is 1.82. The van der Waals surface area contributed by atoms with Gasteiger partial charge in [0.05, 0.1) is 12.7 Å². The molecule has 1 atom stereocenters. The van der Waals surface area contributed by atoms with Gasteiger partial charge in [-0.2, -0.15) is 0 Å². The highest BCUT2D eigenvalue weighted by Crippen LogP contribution is 2.35. The maximum absolute atomic E-state index is 10.3. The molecule has 0 spiro atoms. The molecular formula is C9H21O5P. The third-order valence-electron chi connectivity index (χ3n) is 2.08. The second-order valence-electron chi connectivity index (χ2n) is 3.64. The molecule has 92 valence electrons. The van der Waals surface area contributed by atoms with Crippen LogP contribution in [0.2, 0.25) is 0 Å². The fourth-order valence-corrected chi connectivity index (χ4v) is 1.62. The van der Waals surface area contributed by atoms with E-state index in [0.29, 0.717) is 6.42 Å². The lowest BCUT2D eigenvalue weighted by Crippen LogP contribution is -2.14. The van der Waals surface area contributed by atoms with Crippen molar-refractivity contribution in [3.63, 3.8) is 0 Å². The summed E-state index contributed by atoms with van der Waals surface area (Å²) in [6.45, 7) is 1.83. The van der Waals surface area contributed by atoms with Crippen LogP contribution in [0.3, 0.4) is 0 Å². The zero-order valence-corrected chi connectivity index (χ0v) is 10.0. The predicted molar refractivity (Wildman–Crippen MR) is 57.4 cm³/mol. The summed E-state index contributed by atoms with van der Waals surface area (Å²) < 4.78 is 14.5. The number of hydrogen-bond donors (Lipinski definition) is 3. The molecule has 0 aromatic carbocycles. The minimum absolute atomic E-state index is 0.294. The molecule has 0 heterocycles. The van der Waals surface area contributed by atoms with E-state index >= 15 is 0 Å². The molecule has 0 aliphatic rings. The van der Waals surface area contributed by atoms with Crippen LogP contribution in [0.1, 0.15) is 45.4 Å². The van der Waals surface area contributed by atoms with Crippen LogP contribution in [0.15, 0.2) is 0 Å². The fourth-order valence-electron chi connectivity index (χ4n) is 1.25. The van der Waals surface area contributed by atoms with Crippen molar-refractivity contribution < 1.29 is 24.0 Å². The second kappa shape index (κ2) is 8.25. The van der Waals surface area contributed by atoms with Gasteiger partial charge in [0, 0.05) is 0 Å². The Labute approximate surface area is 90.7 Å². The van der Waals surface area contributed by atoms with Crippen LogP contribution in [0, 0.1) is 0 Å². The summed E-state index contributed by atoms with van der Waals surface area (Å²) in [5, 5.41) is 9.30. The van der Waals surface area contributed by atoms with Gasteiger partial charge in [0.15, 0.2) is 0 Å². The van der Waals surface area contributed by atoms with Crippen LogP contribution >= 0.6 is 7.82 Å². The molecule has 6 heteroatoms. The Hall–Kier alpha value is 0.0700. The fraction of sp³-hybridized carbons (Fsp3) is 1.00. The zero-order chi connectivity index (χ0) is 11.7. The van der Waals surface area contributed by atoms with Gasteiger partial charge >= 0.3 is 7.82 Å². The van der Waals surface area contributed by atoms with E-state index in [1.165, 1.54) is 12.8 Å². The molecule has 15 heavy (non-hydrogen) atoms. The number of phosphoric acid groups is 1. The SMILES string of the molecule is CCCCCCCC(O)COP(=O)(O)O. The number of aliphatic hydroxyl groups excluding tert-OH is 1. The molecule has 1 unspecified atom stereocenters. The average molecular weight is 240 g/mol. The molecule has 0 aliphatic heterocycles. The molecule has 3 N–H and O–H groups in total. The lowest BCUT2D eigenvalue weighted by Gasteiger charge is -2.11. The van der Waals surface area contributed by atoms with Gasteiger partial charge in [-0.3, -0.25) is 4.52 Å². The molecule has 0 saturated heterocycles. The molecule has 0 aromatic heterocycles. The third-order valence-corrected chi connectivity index (χ3v) is 2.56. The first kappa shape index (κ1) is 15.1. The summed E-state index contributed by atoms with van der Waals surface area (Å²) in [5.41, 5.74) is 0. The van der Waals surface area contributed by atoms with Crippen molar-refractivity contribution in [1.29, 1.82) is 0 Å². The molecular weight excluding hydrogens is 219 g/mol. The van der Waals surface area contributed by atoms with Crippen LogP contribution in [0.25, 0.3) is 0 Å². The average Bonchev–Trinajstić information content (AvgIpc) is 2.13. The Kier molecular flexibility index (Phi) is 8.29. The summed E-state index contributed by atoms with van der Waals surface area (Å²) >= 11 is 0. The molecule has 0 fully saturated rings. The van der Waals surface area contributed by atoms with Gasteiger partial charge in [-0.1, -0.05) is 39.0 Å². The Bertz CT molecular complexity index is 191. The number of aliphatic hydroxyl groups is 1. The van der Waals surface area contributed by atoms with Gasteiger partial charge in [0.25, 0.3) is 0 Å². The first-order valence-corrected chi connectivity index (χ1v) is 6.87. The van der Waals surface area contributed by atoms with Crippen molar-refractivity contribution in [2.45, 2.75) is 51.6 Å². The van der Waals surface area contributed by atoms with Crippen molar-refractivity contribution in [2.24, 2.45) is 0 Å². The maximum atomic E-state index is 10.3. The summed E-state index contributed by atoms with van der Waals surface area (Å²) in [6.07, 6.45) is 5.16. The standard InChI is InChI=1S/C9H21O5P/c1-2-3-4-5-6-7-9(10)8-14-15(11,12)13/h9-10H,2-8H2,1H3,(H2,11,12,13). The van der Waals surface area contributed by atoms with Gasteiger partial charge in [0.2, 0.25) is 0 Å². The normalized spacial score (nSPS) is 14.1. The third kappa shape index (κ3) is 12.0. The summed E-state index contributed by atoms with van der Waals surface area (Å²) in [6, 6.07) is 0. The van der Waals surface area contributed by atoms with E-state index in [1.54, 1.807) is 0 Å². The van der Waals surface area contributed by atoms with Crippen molar-refractivity contribution in [3.8, 4) is 0 Å². The monoisotopic (exact) mass is 240 g/mol. The molecule has 0 rings (SSSR count). The van der Waals surface area contributed by atoms with E-state index in [-0.39, 0.29) is 6.61 Å². The van der Waals surface area contributed by atoms with E-state index in [0.717, 1.165) is 19.3 Å². The molecule has 0 aromatic rings. The van der Waals surface area contributed by atoms with Crippen molar-refractivity contribution in [1.82, 2.24) is 0 Å². The quantitative estimate of drug-likeness (QED) is 0.422. The van der Waals surface area contributed by atoms with Crippen LogP contribution in [0.4, 0.5) is 0 Å². The van der Waals surface area contributed by atoms with Crippen LogP contribution in [-0.2, 0) is 9.09 Å². The van der Waals surface area contributed by atoms with Crippen molar-refractivity contribution >= 4 is 7.82 Å². The van der Waals surface area contributed by atoms with Crippen molar-refractivity contribution in [3.05, 3.63) is 0 Å². The molecule has 0 amide bonds. The number of phosphoric ester groups is 1. The highest BCUT2D eigenvalue weighted by molar-refractivity contribution is 7.46. The second-order valence-corrected chi connectivity index (χ2v) is 4.88. The van der Waals surface area contributed by atoms with Crippen LogP contribution in [-0.4, -0.2) is 27.6 Å². The smallest absolute Gasteiger partial charge is 0.391 e. The van der Waals surface area contributed by atoms with E-state index < -0.39 is 13.9 Å². The van der Waals surface area contributed by atoms with Gasteiger partial charge in [-0.25, -0.2) is 4.57 Å². The molecule has 0 saturated carbocycles. The zero-order valence-electron chi connectivity index (χ0n) is 9.13. The Morgan fingerprint density at radius 1 is 1.20 bits per heavy atom. The number of rotatable bonds is 9. The first-order chi connectivity index (χ1) is 6.95. The van der Waals surface area contributed by atoms with Gasteiger partial charge < -0.3 is 14.9 Å². The van der Waals surface area contributed by atoms with Gasteiger partial charge in [0.1, 0.15) is 0 Å². The van der Waals surface area contributed by atoms with Crippen LogP contribution in [0.5, 0.6) is 0 Å². The summed E-state index contributed by atoms with van der Waals surface area (Å²) in [5.74, 6) is 0. The van der Waals surface area contributed by atoms with E-state index in [4.69, 9.17) is 9.79 Å². The Balaban J connectivity index is 3.33. The molecule has 0 radical (unpaired) electrons. The van der Waals surface area contributed by atoms with Crippen LogP contribution < -0.4 is 0 Å². The summed E-state index contributed by atoms with van der Waals surface area (Å²) in [7, 11) is -4.43. The highest BCUT2D eigenvalue weighted by atomic mass is 31.2. The topological polar surface area (TPSA) is 87.0 Å². The van der Waals surface area contributed by atoms with E-state index in [2.05, 4.69) is 11.4 Å². The molecule has 5 nitrogen and oxygen atoms in total. The minimum Gasteiger partial charge on any atom is -0.391 e. The highest BCUT2D eigenvalue weighted by Gasteiger charge is 2.16. The summed E-state index contributed by atoms with van der Waals surface area (Å²) in [4.78, 5) is 16.8. The lowest BCUT2D eigenvalue weighted by molar-refractivity contribution is 0.0774. The maximum Gasteiger partial charge on any atom is 0.469 e. The molecule has 0 bridgehead atoms. The molecule has 0 aliphatic carbocycles. The minimum atomic E-state index is -4.43. The lowest BCUT2D eigenvalue weighted by atomic mass is 10.1.